The first-order valence-electron chi connectivity index (χ1n) is 12.4. The van der Waals surface area contributed by atoms with Crippen LogP contribution in [0.3, 0.4) is 0 Å². The SMILES string of the molecule is CC1CCC(C(=O)N(c2nn(-c3ccc(NC(=O)c4ccccc4)cc3)cc2C(=O)O)C(C)C)CC1. The Balaban J connectivity index is 1.58. The van der Waals surface area contributed by atoms with E-state index in [-0.39, 0.29) is 35.2 Å². The van der Waals surface area contributed by atoms with Gasteiger partial charge in [0.05, 0.1) is 5.69 Å². The number of benzene rings is 2. The van der Waals surface area contributed by atoms with Gasteiger partial charge in [0.15, 0.2) is 5.82 Å². The fourth-order valence-corrected chi connectivity index (χ4v) is 4.62. The van der Waals surface area contributed by atoms with Crippen LogP contribution in [-0.2, 0) is 4.79 Å². The molecule has 2 aromatic carbocycles. The molecule has 1 aliphatic carbocycles. The van der Waals surface area contributed by atoms with Crippen molar-refractivity contribution in [2.45, 2.75) is 52.5 Å². The minimum absolute atomic E-state index is 0.0253. The molecule has 8 nitrogen and oxygen atoms in total. The number of rotatable bonds is 7. The molecule has 0 bridgehead atoms. The molecule has 2 N–H and O–H groups in total. The van der Waals surface area contributed by atoms with E-state index in [0.717, 1.165) is 25.7 Å². The summed E-state index contributed by atoms with van der Waals surface area (Å²) in [5.74, 6) is -0.787. The van der Waals surface area contributed by atoms with Gasteiger partial charge in [-0.15, -0.1) is 5.10 Å². The van der Waals surface area contributed by atoms with Gasteiger partial charge in [0.2, 0.25) is 5.91 Å². The lowest BCUT2D eigenvalue weighted by molar-refractivity contribution is -0.124. The molecule has 0 unspecified atom stereocenters. The van der Waals surface area contributed by atoms with E-state index < -0.39 is 5.97 Å². The summed E-state index contributed by atoms with van der Waals surface area (Å²) in [5, 5.41) is 17.3. The van der Waals surface area contributed by atoms with E-state index in [2.05, 4.69) is 17.3 Å². The van der Waals surface area contributed by atoms with Gasteiger partial charge in [-0.1, -0.05) is 25.1 Å². The van der Waals surface area contributed by atoms with Crippen LogP contribution in [0.1, 0.15) is 67.2 Å². The topological polar surface area (TPSA) is 105 Å². The number of nitrogens with zero attached hydrogens (tertiary/aromatic N) is 3. The second-order valence-corrected chi connectivity index (χ2v) is 9.74. The van der Waals surface area contributed by atoms with Crippen LogP contribution in [0.5, 0.6) is 0 Å². The molecule has 1 heterocycles. The van der Waals surface area contributed by atoms with Crippen LogP contribution in [-0.4, -0.2) is 38.7 Å². The standard InChI is InChI=1S/C28H32N4O4/c1-18(2)32(27(34)21-11-9-19(3)10-12-21)25-24(28(35)36)17-31(30-25)23-15-13-22(14-16-23)29-26(33)20-7-5-4-6-8-20/h4-8,13-19,21H,9-12H2,1-3H3,(H,29,33)(H,35,36). The molecular formula is C28H32N4O4. The van der Waals surface area contributed by atoms with E-state index in [9.17, 15) is 19.5 Å². The molecule has 8 heteroatoms. The van der Waals surface area contributed by atoms with E-state index in [1.807, 2.05) is 19.9 Å². The zero-order chi connectivity index (χ0) is 25.8. The second-order valence-electron chi connectivity index (χ2n) is 9.74. The van der Waals surface area contributed by atoms with Crippen LogP contribution in [0.4, 0.5) is 11.5 Å². The van der Waals surface area contributed by atoms with Crippen molar-refractivity contribution >= 4 is 29.3 Å². The van der Waals surface area contributed by atoms with Crippen molar-refractivity contribution in [3.05, 3.63) is 71.9 Å². The van der Waals surface area contributed by atoms with E-state index in [0.29, 0.717) is 22.9 Å². The molecule has 0 radical (unpaired) electrons. The molecule has 0 aliphatic heterocycles. The maximum Gasteiger partial charge on any atom is 0.341 e. The van der Waals surface area contributed by atoms with Crippen molar-refractivity contribution in [2.75, 3.05) is 10.2 Å². The van der Waals surface area contributed by atoms with E-state index in [4.69, 9.17) is 0 Å². The third-order valence-electron chi connectivity index (χ3n) is 6.70. The first-order chi connectivity index (χ1) is 17.2. The lowest BCUT2D eigenvalue weighted by atomic mass is 9.82. The Morgan fingerprint density at radius 3 is 2.22 bits per heavy atom. The summed E-state index contributed by atoms with van der Waals surface area (Å²) in [6, 6.07) is 15.6. The molecule has 2 amide bonds. The number of carbonyl (C=O) groups excluding carboxylic acids is 2. The van der Waals surface area contributed by atoms with E-state index in [1.54, 1.807) is 48.5 Å². The monoisotopic (exact) mass is 488 g/mol. The number of anilines is 2. The summed E-state index contributed by atoms with van der Waals surface area (Å²) in [7, 11) is 0. The minimum Gasteiger partial charge on any atom is -0.477 e. The highest BCUT2D eigenvalue weighted by Crippen LogP contribution is 2.32. The molecule has 1 fully saturated rings. The number of amides is 2. The van der Waals surface area contributed by atoms with Gasteiger partial charge in [0, 0.05) is 29.4 Å². The number of aromatic nitrogens is 2. The Kier molecular flexibility index (Phi) is 7.52. The number of carbonyl (C=O) groups is 3. The van der Waals surface area contributed by atoms with Crippen molar-refractivity contribution in [1.82, 2.24) is 9.78 Å². The minimum atomic E-state index is -1.14. The number of hydrogen-bond acceptors (Lipinski definition) is 4. The summed E-state index contributed by atoms with van der Waals surface area (Å²) >= 11 is 0. The largest absolute Gasteiger partial charge is 0.477 e. The van der Waals surface area contributed by atoms with Crippen LogP contribution < -0.4 is 10.2 Å². The molecular weight excluding hydrogens is 456 g/mol. The summed E-state index contributed by atoms with van der Waals surface area (Å²) in [4.78, 5) is 39.5. The molecule has 188 valence electrons. The Morgan fingerprint density at radius 2 is 1.64 bits per heavy atom. The number of carboxylic acid groups (broad SMARTS) is 1. The van der Waals surface area contributed by atoms with Gasteiger partial charge in [-0.3, -0.25) is 14.5 Å². The Bertz CT molecular complexity index is 1230. The third kappa shape index (κ3) is 5.48. The maximum absolute atomic E-state index is 13.5. The normalized spacial score (nSPS) is 17.6. The van der Waals surface area contributed by atoms with Crippen LogP contribution in [0, 0.1) is 11.8 Å². The van der Waals surface area contributed by atoms with Crippen LogP contribution in [0.2, 0.25) is 0 Å². The van der Waals surface area contributed by atoms with Crippen LogP contribution in [0.15, 0.2) is 60.8 Å². The van der Waals surface area contributed by atoms with Gasteiger partial charge in [-0.05, 0) is 81.8 Å². The van der Waals surface area contributed by atoms with Gasteiger partial charge in [0.1, 0.15) is 5.56 Å². The Morgan fingerprint density at radius 1 is 1.00 bits per heavy atom. The number of hydrogen-bond donors (Lipinski definition) is 2. The van der Waals surface area contributed by atoms with Crippen molar-refractivity contribution in [3.8, 4) is 5.69 Å². The fraction of sp³-hybridized carbons (Fsp3) is 0.357. The summed E-state index contributed by atoms with van der Waals surface area (Å²) in [5.41, 5.74) is 1.74. The average molecular weight is 489 g/mol. The predicted octanol–water partition coefficient (Wildman–Crippen LogP) is 5.39. The zero-order valence-corrected chi connectivity index (χ0v) is 20.8. The molecule has 0 atom stereocenters. The molecule has 0 spiro atoms. The lowest BCUT2D eigenvalue weighted by Gasteiger charge is -2.32. The number of carboxylic acids is 1. The summed E-state index contributed by atoms with van der Waals surface area (Å²) in [6.07, 6.45) is 5.04. The van der Waals surface area contributed by atoms with Crippen molar-refractivity contribution in [1.29, 1.82) is 0 Å². The van der Waals surface area contributed by atoms with Crippen molar-refractivity contribution in [3.63, 3.8) is 0 Å². The molecule has 1 aliphatic rings. The van der Waals surface area contributed by atoms with Gasteiger partial charge in [-0.25, -0.2) is 9.48 Å². The average Bonchev–Trinajstić information content (AvgIpc) is 3.30. The van der Waals surface area contributed by atoms with Crippen LogP contribution in [0.25, 0.3) is 5.69 Å². The maximum atomic E-state index is 13.5. The van der Waals surface area contributed by atoms with Gasteiger partial charge >= 0.3 is 5.97 Å². The molecule has 4 rings (SSSR count). The quantitative estimate of drug-likeness (QED) is 0.464. The highest BCUT2D eigenvalue weighted by atomic mass is 16.4. The molecule has 0 saturated heterocycles. The molecule has 36 heavy (non-hydrogen) atoms. The van der Waals surface area contributed by atoms with Crippen LogP contribution >= 0.6 is 0 Å². The van der Waals surface area contributed by atoms with E-state index >= 15 is 0 Å². The smallest absolute Gasteiger partial charge is 0.341 e. The highest BCUT2D eigenvalue weighted by Gasteiger charge is 2.34. The third-order valence-corrected chi connectivity index (χ3v) is 6.70. The summed E-state index contributed by atoms with van der Waals surface area (Å²) in [6.45, 7) is 5.94. The molecule has 1 aromatic heterocycles. The van der Waals surface area contributed by atoms with Crippen molar-refractivity contribution < 1.29 is 19.5 Å². The van der Waals surface area contributed by atoms with Gasteiger partial charge in [-0.2, -0.15) is 0 Å². The van der Waals surface area contributed by atoms with Gasteiger partial charge in [0.25, 0.3) is 5.91 Å². The Hall–Kier alpha value is -3.94. The first-order valence-corrected chi connectivity index (χ1v) is 12.4. The zero-order valence-electron chi connectivity index (χ0n) is 20.8. The first kappa shape index (κ1) is 25.2. The fourth-order valence-electron chi connectivity index (χ4n) is 4.62. The van der Waals surface area contributed by atoms with Gasteiger partial charge < -0.3 is 10.4 Å². The lowest BCUT2D eigenvalue weighted by Crippen LogP contribution is -2.43. The van der Waals surface area contributed by atoms with E-state index in [1.165, 1.54) is 15.8 Å². The molecule has 3 aromatic rings. The predicted molar refractivity (Wildman–Crippen MR) is 139 cm³/mol. The highest BCUT2D eigenvalue weighted by molar-refractivity contribution is 6.04. The number of aromatic carboxylic acids is 1. The number of nitrogens with one attached hydrogen (secondary N) is 1. The molecule has 1 saturated carbocycles. The second kappa shape index (κ2) is 10.8. The Labute approximate surface area is 210 Å². The van der Waals surface area contributed by atoms with Crippen molar-refractivity contribution in [2.24, 2.45) is 11.8 Å². The summed E-state index contributed by atoms with van der Waals surface area (Å²) < 4.78 is 1.47.